The van der Waals surface area contributed by atoms with Crippen molar-refractivity contribution in [1.29, 1.82) is 0 Å². The molecule has 24 heavy (non-hydrogen) atoms. The number of ether oxygens (including phenoxy) is 2. The zero-order chi connectivity index (χ0) is 17.7. The third kappa shape index (κ3) is 4.88. The smallest absolute Gasteiger partial charge is 0.315 e. The van der Waals surface area contributed by atoms with Gasteiger partial charge in [-0.05, 0) is 30.5 Å². The van der Waals surface area contributed by atoms with Crippen molar-refractivity contribution in [2.24, 2.45) is 5.92 Å². The molecule has 2 amide bonds. The first-order valence-electron chi connectivity index (χ1n) is 8.08. The number of halogens is 2. The van der Waals surface area contributed by atoms with Gasteiger partial charge in [-0.15, -0.1) is 0 Å². The van der Waals surface area contributed by atoms with E-state index in [1.807, 2.05) is 20.8 Å². The summed E-state index contributed by atoms with van der Waals surface area (Å²) < 4.78 is 37.4. The van der Waals surface area contributed by atoms with Gasteiger partial charge in [-0.2, -0.15) is 0 Å². The van der Waals surface area contributed by atoms with Crippen molar-refractivity contribution in [1.82, 2.24) is 10.6 Å². The van der Waals surface area contributed by atoms with Crippen molar-refractivity contribution in [2.75, 3.05) is 19.8 Å². The molecule has 1 aliphatic rings. The van der Waals surface area contributed by atoms with Gasteiger partial charge in [0.1, 0.15) is 0 Å². The fourth-order valence-corrected chi connectivity index (χ4v) is 2.64. The van der Waals surface area contributed by atoms with E-state index in [0.29, 0.717) is 31.7 Å². The number of carbonyl (C=O) groups is 1. The summed E-state index contributed by atoms with van der Waals surface area (Å²) in [6, 6.07) is 2.86. The standard InChI is InChI=1S/C17H24F2N2O3/c1-11(2)15(12-4-5-13(18)14(19)10-12)21-16(22)20-7-6-17(3)23-8-9-24-17/h4-5,10-11,15H,6-9H2,1-3H3,(H2,20,21,22)/t15-/m0/s1. The van der Waals surface area contributed by atoms with Gasteiger partial charge in [0.15, 0.2) is 17.4 Å². The highest BCUT2D eigenvalue weighted by Gasteiger charge is 2.30. The predicted molar refractivity (Wildman–Crippen MR) is 85.4 cm³/mol. The Morgan fingerprint density at radius 2 is 1.92 bits per heavy atom. The van der Waals surface area contributed by atoms with E-state index in [0.717, 1.165) is 12.1 Å². The molecule has 1 aromatic carbocycles. The molecule has 1 saturated heterocycles. The van der Waals surface area contributed by atoms with Crippen LogP contribution in [0.1, 0.15) is 38.8 Å². The first kappa shape index (κ1) is 18.6. The number of nitrogens with one attached hydrogen (secondary N) is 2. The Morgan fingerprint density at radius 3 is 2.50 bits per heavy atom. The minimum absolute atomic E-state index is 0.0135. The second-order valence-electron chi connectivity index (χ2n) is 6.38. The number of benzene rings is 1. The number of rotatable bonds is 6. The van der Waals surface area contributed by atoms with E-state index in [1.165, 1.54) is 6.07 Å². The lowest BCUT2D eigenvalue weighted by Crippen LogP contribution is -2.42. The molecular weight excluding hydrogens is 318 g/mol. The van der Waals surface area contributed by atoms with Gasteiger partial charge in [0, 0.05) is 13.0 Å². The second-order valence-corrected chi connectivity index (χ2v) is 6.38. The van der Waals surface area contributed by atoms with Crippen LogP contribution in [0, 0.1) is 17.6 Å². The van der Waals surface area contributed by atoms with E-state index >= 15 is 0 Å². The maximum atomic E-state index is 13.4. The lowest BCUT2D eigenvalue weighted by Gasteiger charge is -2.25. The van der Waals surface area contributed by atoms with Crippen LogP contribution in [-0.2, 0) is 9.47 Å². The van der Waals surface area contributed by atoms with Gasteiger partial charge in [0.2, 0.25) is 0 Å². The highest BCUT2D eigenvalue weighted by Crippen LogP contribution is 2.24. The summed E-state index contributed by atoms with van der Waals surface area (Å²) in [5.41, 5.74) is 0.522. The first-order valence-corrected chi connectivity index (χ1v) is 8.08. The molecule has 5 nitrogen and oxygen atoms in total. The minimum atomic E-state index is -0.927. The first-order chi connectivity index (χ1) is 11.3. The molecular formula is C17H24F2N2O3. The van der Waals surface area contributed by atoms with Crippen LogP contribution in [0.25, 0.3) is 0 Å². The summed E-state index contributed by atoms with van der Waals surface area (Å²) in [7, 11) is 0. The predicted octanol–water partition coefficient (Wildman–Crippen LogP) is 3.11. The SMILES string of the molecule is CC(C)[C@H](NC(=O)NCCC1(C)OCCO1)c1ccc(F)c(F)c1. The average molecular weight is 342 g/mol. The molecule has 1 heterocycles. The van der Waals surface area contributed by atoms with Gasteiger partial charge in [-0.3, -0.25) is 0 Å². The third-order valence-electron chi connectivity index (χ3n) is 4.02. The molecule has 0 bridgehead atoms. The molecule has 1 fully saturated rings. The molecule has 0 saturated carbocycles. The number of amides is 2. The molecule has 0 spiro atoms. The zero-order valence-electron chi connectivity index (χ0n) is 14.2. The van der Waals surface area contributed by atoms with Gasteiger partial charge in [-0.1, -0.05) is 19.9 Å². The maximum Gasteiger partial charge on any atom is 0.315 e. The van der Waals surface area contributed by atoms with Crippen LogP contribution in [0.5, 0.6) is 0 Å². The lowest BCUT2D eigenvalue weighted by atomic mass is 9.96. The molecule has 0 aliphatic carbocycles. The van der Waals surface area contributed by atoms with Crippen LogP contribution in [0.2, 0.25) is 0 Å². The highest BCUT2D eigenvalue weighted by atomic mass is 19.2. The van der Waals surface area contributed by atoms with E-state index in [9.17, 15) is 13.6 Å². The fourth-order valence-electron chi connectivity index (χ4n) is 2.64. The largest absolute Gasteiger partial charge is 0.348 e. The van der Waals surface area contributed by atoms with Crippen molar-refractivity contribution in [2.45, 2.75) is 39.0 Å². The fraction of sp³-hybridized carbons (Fsp3) is 0.588. The molecule has 2 N–H and O–H groups in total. The molecule has 1 aromatic rings. The zero-order valence-corrected chi connectivity index (χ0v) is 14.2. The van der Waals surface area contributed by atoms with Gasteiger partial charge < -0.3 is 20.1 Å². The Morgan fingerprint density at radius 1 is 1.25 bits per heavy atom. The van der Waals surface area contributed by atoms with Crippen LogP contribution in [0.3, 0.4) is 0 Å². The Bertz CT molecular complexity index is 575. The van der Waals surface area contributed by atoms with Gasteiger partial charge in [-0.25, -0.2) is 13.6 Å². The van der Waals surface area contributed by atoms with E-state index < -0.39 is 23.5 Å². The monoisotopic (exact) mass is 342 g/mol. The highest BCUT2D eigenvalue weighted by molar-refractivity contribution is 5.74. The summed E-state index contributed by atoms with van der Waals surface area (Å²) in [6.07, 6.45) is 0.526. The van der Waals surface area contributed by atoms with Crippen LogP contribution < -0.4 is 10.6 Å². The summed E-state index contributed by atoms with van der Waals surface area (Å²) in [4.78, 5) is 12.1. The van der Waals surface area contributed by atoms with Crippen molar-refractivity contribution in [3.05, 3.63) is 35.4 Å². The number of hydrogen-bond donors (Lipinski definition) is 2. The van der Waals surface area contributed by atoms with Crippen LogP contribution >= 0.6 is 0 Å². The molecule has 134 valence electrons. The van der Waals surface area contributed by atoms with E-state index in [1.54, 1.807) is 0 Å². The quantitative estimate of drug-likeness (QED) is 0.835. The van der Waals surface area contributed by atoms with Crippen molar-refractivity contribution in [3.63, 3.8) is 0 Å². The Hall–Kier alpha value is -1.73. The Labute approximate surface area is 140 Å². The third-order valence-corrected chi connectivity index (χ3v) is 4.02. The van der Waals surface area contributed by atoms with Gasteiger partial charge >= 0.3 is 6.03 Å². The summed E-state index contributed by atoms with van der Waals surface area (Å²) >= 11 is 0. The molecule has 0 aromatic heterocycles. The van der Waals surface area contributed by atoms with Crippen LogP contribution in [-0.4, -0.2) is 31.6 Å². The van der Waals surface area contributed by atoms with Crippen molar-refractivity contribution < 1.29 is 23.0 Å². The van der Waals surface area contributed by atoms with E-state index in [4.69, 9.17) is 9.47 Å². The second kappa shape index (κ2) is 7.90. The van der Waals surface area contributed by atoms with Crippen LogP contribution in [0.15, 0.2) is 18.2 Å². The minimum Gasteiger partial charge on any atom is -0.348 e. The number of urea groups is 1. The number of hydrogen-bond acceptors (Lipinski definition) is 3. The summed E-state index contributed by atoms with van der Waals surface area (Å²) in [5.74, 6) is -2.48. The van der Waals surface area contributed by atoms with Gasteiger partial charge in [0.25, 0.3) is 0 Å². The van der Waals surface area contributed by atoms with Crippen LogP contribution in [0.4, 0.5) is 13.6 Å². The lowest BCUT2D eigenvalue weighted by molar-refractivity contribution is -0.145. The Kier molecular flexibility index (Phi) is 6.12. The van der Waals surface area contributed by atoms with Crippen molar-refractivity contribution in [3.8, 4) is 0 Å². The topological polar surface area (TPSA) is 59.6 Å². The van der Waals surface area contributed by atoms with Crippen molar-refractivity contribution >= 4 is 6.03 Å². The number of carbonyl (C=O) groups excluding carboxylic acids is 1. The molecule has 7 heteroatoms. The molecule has 0 radical (unpaired) electrons. The molecule has 2 rings (SSSR count). The molecule has 1 aliphatic heterocycles. The summed E-state index contributed by atoms with van der Waals surface area (Å²) in [6.45, 7) is 7.10. The molecule has 0 unspecified atom stereocenters. The normalized spacial score (nSPS) is 17.8. The van der Waals surface area contributed by atoms with Gasteiger partial charge in [0.05, 0.1) is 19.3 Å². The average Bonchev–Trinajstić information content (AvgIpc) is 2.94. The molecule has 1 atom stereocenters. The van der Waals surface area contributed by atoms with E-state index in [2.05, 4.69) is 10.6 Å². The maximum absolute atomic E-state index is 13.4. The van der Waals surface area contributed by atoms with E-state index in [-0.39, 0.29) is 11.9 Å². The Balaban J connectivity index is 1.90. The summed E-state index contributed by atoms with van der Waals surface area (Å²) in [5, 5.41) is 5.53.